The van der Waals surface area contributed by atoms with Gasteiger partial charge in [0.05, 0.1) is 11.2 Å². The molecule has 0 bridgehead atoms. The molecule has 20 heavy (non-hydrogen) atoms. The van der Waals surface area contributed by atoms with Crippen LogP contribution in [0.5, 0.6) is 0 Å². The summed E-state index contributed by atoms with van der Waals surface area (Å²) in [6.45, 7) is 5.03. The van der Waals surface area contributed by atoms with Crippen molar-refractivity contribution in [3.8, 4) is 0 Å². The molecule has 0 aliphatic heterocycles. The molecule has 1 unspecified atom stereocenters. The molecule has 2 aromatic heterocycles. The zero-order chi connectivity index (χ0) is 14.1. The molecule has 0 aliphatic carbocycles. The highest BCUT2D eigenvalue weighted by Gasteiger charge is 2.16. The number of para-hydroxylation sites is 1. The molecule has 0 amide bonds. The molecule has 0 fully saturated rings. The number of nitrogens with two attached hydrogens (primary N) is 1. The summed E-state index contributed by atoms with van der Waals surface area (Å²) in [5, 5.41) is 1.17. The summed E-state index contributed by atoms with van der Waals surface area (Å²) in [6.07, 6.45) is 3.73. The lowest BCUT2D eigenvalue weighted by Gasteiger charge is -2.14. The summed E-state index contributed by atoms with van der Waals surface area (Å²) in [6, 6.07) is 9.89. The molecule has 0 saturated heterocycles. The number of aromatic nitrogens is 3. The number of nitrogens with zero attached hydrogens (tertiary/aromatic N) is 3. The lowest BCUT2D eigenvalue weighted by Crippen LogP contribution is -2.19. The fraction of sp³-hybridized carbons (Fsp3) is 0.250. The number of aryl methyl sites for hydroxylation is 2. The van der Waals surface area contributed by atoms with Crippen LogP contribution in [-0.2, 0) is 6.54 Å². The minimum absolute atomic E-state index is 0.298. The Bertz CT molecular complexity index is 745. The predicted octanol–water partition coefficient (Wildman–Crippen LogP) is 2.81. The van der Waals surface area contributed by atoms with Gasteiger partial charge in [-0.15, -0.1) is 0 Å². The van der Waals surface area contributed by atoms with Crippen LogP contribution in [0, 0.1) is 6.92 Å². The Morgan fingerprint density at radius 1 is 1.30 bits per heavy atom. The molecule has 0 spiro atoms. The lowest BCUT2D eigenvalue weighted by molar-refractivity contribution is 0.648. The number of hydrogen-bond acceptors (Lipinski definition) is 3. The summed E-state index contributed by atoms with van der Waals surface area (Å²) >= 11 is 0. The standard InChI is InChI=1S/C16H18N4/c1-3-20-9-8-18-16(20)15(17)14-10-11(2)12-6-4-5-7-13(12)19-14/h4-10,15H,3,17H2,1-2H3. The van der Waals surface area contributed by atoms with Crippen LogP contribution in [0.15, 0.2) is 42.7 Å². The van der Waals surface area contributed by atoms with Crippen molar-refractivity contribution < 1.29 is 0 Å². The maximum atomic E-state index is 6.35. The second-order valence-corrected chi connectivity index (χ2v) is 4.93. The zero-order valence-electron chi connectivity index (χ0n) is 11.7. The Morgan fingerprint density at radius 2 is 2.10 bits per heavy atom. The molecule has 4 nitrogen and oxygen atoms in total. The molecule has 102 valence electrons. The van der Waals surface area contributed by atoms with Gasteiger partial charge in [-0.05, 0) is 31.5 Å². The van der Waals surface area contributed by atoms with Crippen molar-refractivity contribution in [3.05, 3.63) is 59.8 Å². The highest BCUT2D eigenvalue weighted by atomic mass is 15.1. The molecule has 2 N–H and O–H groups in total. The van der Waals surface area contributed by atoms with Gasteiger partial charge in [-0.1, -0.05) is 18.2 Å². The largest absolute Gasteiger partial charge is 0.334 e. The molecule has 2 heterocycles. The average molecular weight is 266 g/mol. The third-order valence-electron chi connectivity index (χ3n) is 3.63. The van der Waals surface area contributed by atoms with Gasteiger partial charge in [-0.3, -0.25) is 4.98 Å². The third-order valence-corrected chi connectivity index (χ3v) is 3.63. The first-order valence-electron chi connectivity index (χ1n) is 6.83. The van der Waals surface area contributed by atoms with Crippen molar-refractivity contribution in [2.24, 2.45) is 5.73 Å². The Labute approximate surface area is 118 Å². The number of imidazole rings is 1. The number of hydrogen-bond donors (Lipinski definition) is 1. The molecule has 0 aliphatic rings. The normalized spacial score (nSPS) is 12.8. The molecule has 3 aromatic rings. The first kappa shape index (κ1) is 12.8. The van der Waals surface area contributed by atoms with Crippen LogP contribution in [-0.4, -0.2) is 14.5 Å². The van der Waals surface area contributed by atoms with E-state index in [2.05, 4.69) is 40.5 Å². The number of rotatable bonds is 3. The average Bonchev–Trinajstić information content (AvgIpc) is 2.95. The quantitative estimate of drug-likeness (QED) is 0.793. The number of pyridine rings is 1. The van der Waals surface area contributed by atoms with Crippen molar-refractivity contribution in [1.82, 2.24) is 14.5 Å². The van der Waals surface area contributed by atoms with Crippen molar-refractivity contribution in [1.29, 1.82) is 0 Å². The molecular formula is C16H18N4. The second-order valence-electron chi connectivity index (χ2n) is 4.93. The Hall–Kier alpha value is -2.20. The van der Waals surface area contributed by atoms with Crippen LogP contribution in [0.1, 0.15) is 30.0 Å². The fourth-order valence-electron chi connectivity index (χ4n) is 2.53. The lowest BCUT2D eigenvalue weighted by atomic mass is 10.1. The topological polar surface area (TPSA) is 56.7 Å². The van der Waals surface area contributed by atoms with Crippen molar-refractivity contribution >= 4 is 10.9 Å². The van der Waals surface area contributed by atoms with E-state index in [4.69, 9.17) is 5.73 Å². The van der Waals surface area contributed by atoms with Gasteiger partial charge >= 0.3 is 0 Å². The van der Waals surface area contributed by atoms with E-state index in [1.807, 2.05) is 24.4 Å². The summed E-state index contributed by atoms with van der Waals surface area (Å²) in [7, 11) is 0. The van der Waals surface area contributed by atoms with E-state index in [1.165, 1.54) is 10.9 Å². The Morgan fingerprint density at radius 3 is 2.90 bits per heavy atom. The second kappa shape index (κ2) is 5.06. The monoisotopic (exact) mass is 266 g/mol. The smallest absolute Gasteiger partial charge is 0.131 e. The van der Waals surface area contributed by atoms with Gasteiger partial charge in [-0.2, -0.15) is 0 Å². The predicted molar refractivity (Wildman–Crippen MR) is 80.4 cm³/mol. The van der Waals surface area contributed by atoms with Crippen molar-refractivity contribution in [2.45, 2.75) is 26.4 Å². The van der Waals surface area contributed by atoms with Gasteiger partial charge in [0.2, 0.25) is 0 Å². The van der Waals surface area contributed by atoms with E-state index in [0.717, 1.165) is 23.6 Å². The van der Waals surface area contributed by atoms with Crippen LogP contribution in [0.3, 0.4) is 0 Å². The van der Waals surface area contributed by atoms with E-state index < -0.39 is 0 Å². The van der Waals surface area contributed by atoms with Crippen molar-refractivity contribution in [2.75, 3.05) is 0 Å². The van der Waals surface area contributed by atoms with E-state index in [1.54, 1.807) is 6.20 Å². The maximum absolute atomic E-state index is 6.35. The highest BCUT2D eigenvalue weighted by Crippen LogP contribution is 2.23. The summed E-state index contributed by atoms with van der Waals surface area (Å²) in [4.78, 5) is 9.06. The van der Waals surface area contributed by atoms with E-state index in [9.17, 15) is 0 Å². The summed E-state index contributed by atoms with van der Waals surface area (Å²) < 4.78 is 2.05. The SMILES string of the molecule is CCn1ccnc1C(N)c1cc(C)c2ccccc2n1. The van der Waals surface area contributed by atoms with Crippen LogP contribution < -0.4 is 5.73 Å². The third kappa shape index (κ3) is 2.08. The van der Waals surface area contributed by atoms with Crippen LogP contribution in [0.25, 0.3) is 10.9 Å². The molecule has 0 radical (unpaired) electrons. The van der Waals surface area contributed by atoms with E-state index >= 15 is 0 Å². The van der Waals surface area contributed by atoms with E-state index in [0.29, 0.717) is 0 Å². The zero-order valence-corrected chi connectivity index (χ0v) is 11.7. The summed E-state index contributed by atoms with van der Waals surface area (Å²) in [5.74, 6) is 0.856. The van der Waals surface area contributed by atoms with Crippen LogP contribution >= 0.6 is 0 Å². The minimum atomic E-state index is -0.298. The summed E-state index contributed by atoms with van der Waals surface area (Å²) in [5.41, 5.74) is 9.38. The van der Waals surface area contributed by atoms with Gasteiger partial charge < -0.3 is 10.3 Å². The van der Waals surface area contributed by atoms with Gasteiger partial charge in [0.15, 0.2) is 0 Å². The Kier molecular flexibility index (Phi) is 3.24. The molecule has 1 atom stereocenters. The molecule has 3 rings (SSSR count). The van der Waals surface area contributed by atoms with E-state index in [-0.39, 0.29) is 6.04 Å². The maximum Gasteiger partial charge on any atom is 0.131 e. The Balaban J connectivity index is 2.10. The molecule has 4 heteroatoms. The van der Waals surface area contributed by atoms with Crippen molar-refractivity contribution in [3.63, 3.8) is 0 Å². The number of benzene rings is 1. The first-order chi connectivity index (χ1) is 9.70. The van der Waals surface area contributed by atoms with Gasteiger partial charge in [0, 0.05) is 24.3 Å². The molecular weight excluding hydrogens is 248 g/mol. The highest BCUT2D eigenvalue weighted by molar-refractivity contribution is 5.82. The van der Waals surface area contributed by atoms with Crippen LogP contribution in [0.2, 0.25) is 0 Å². The van der Waals surface area contributed by atoms with Gasteiger partial charge in [0.1, 0.15) is 11.9 Å². The molecule has 0 saturated carbocycles. The van der Waals surface area contributed by atoms with Crippen LogP contribution in [0.4, 0.5) is 0 Å². The van der Waals surface area contributed by atoms with Gasteiger partial charge in [-0.25, -0.2) is 4.98 Å². The van der Waals surface area contributed by atoms with Gasteiger partial charge in [0.25, 0.3) is 0 Å². The first-order valence-corrected chi connectivity index (χ1v) is 6.83. The fourth-order valence-corrected chi connectivity index (χ4v) is 2.53. The molecule has 1 aromatic carbocycles. The minimum Gasteiger partial charge on any atom is -0.334 e. The number of fused-ring (bicyclic) bond motifs is 1.